The molecular weight excluding hydrogens is 383 g/mol. The molecule has 0 bridgehead atoms. The second-order valence-corrected chi connectivity index (χ2v) is 7.94. The Balaban J connectivity index is 2.45. The molecule has 6 heteroatoms. The lowest BCUT2D eigenvalue weighted by atomic mass is 10.1. The number of carbonyl (C=O) groups excluding carboxylic acids is 1. The zero-order chi connectivity index (χ0) is 11.0. The van der Waals surface area contributed by atoms with Crippen LogP contribution in [0.1, 0.15) is 15.9 Å². The first-order valence-electron chi connectivity index (χ1n) is 3.82. The first-order chi connectivity index (χ1) is 7.09. The fourth-order valence-electron chi connectivity index (χ4n) is 1.10. The summed E-state index contributed by atoms with van der Waals surface area (Å²) >= 11 is 15.4. The van der Waals surface area contributed by atoms with Gasteiger partial charge < -0.3 is 0 Å². The van der Waals surface area contributed by atoms with Gasteiger partial charge in [-0.15, -0.1) is 22.7 Å². The summed E-state index contributed by atoms with van der Waals surface area (Å²) in [7, 11) is 0. The Bertz CT molecular complexity index is 518. The molecule has 0 N–H and O–H groups in total. The highest BCUT2D eigenvalue weighted by atomic mass is 79.9. The zero-order valence-electron chi connectivity index (χ0n) is 7.09. The van der Waals surface area contributed by atoms with Gasteiger partial charge in [-0.3, -0.25) is 4.79 Å². The molecule has 0 aliphatic carbocycles. The van der Waals surface area contributed by atoms with Gasteiger partial charge in [0.05, 0.1) is 13.1 Å². The molecule has 0 aromatic carbocycles. The van der Waals surface area contributed by atoms with Gasteiger partial charge in [0.15, 0.2) is 5.78 Å². The van der Waals surface area contributed by atoms with Gasteiger partial charge in [0.2, 0.25) is 0 Å². The molecule has 0 atom stereocenters. The highest BCUT2D eigenvalue weighted by Crippen LogP contribution is 2.35. The molecule has 2 aromatic heterocycles. The van der Waals surface area contributed by atoms with Crippen LogP contribution in [0.4, 0.5) is 0 Å². The number of hydrogen-bond acceptors (Lipinski definition) is 3. The maximum absolute atomic E-state index is 12.0. The van der Waals surface area contributed by atoms with Crippen LogP contribution in [0.25, 0.3) is 0 Å². The predicted octanol–water partition coefficient (Wildman–Crippen LogP) is 5.22. The van der Waals surface area contributed by atoms with Gasteiger partial charge in [-0.25, -0.2) is 0 Å². The largest absolute Gasteiger partial charge is 0.288 e. The van der Waals surface area contributed by atoms with Crippen LogP contribution < -0.4 is 0 Å². The number of rotatable bonds is 2. The van der Waals surface area contributed by atoms with Crippen LogP contribution in [0.15, 0.2) is 25.1 Å². The third kappa shape index (κ3) is 2.36. The van der Waals surface area contributed by atoms with Crippen molar-refractivity contribution in [2.45, 2.75) is 0 Å². The molecule has 2 rings (SSSR count). The lowest BCUT2D eigenvalue weighted by Gasteiger charge is -1.96. The van der Waals surface area contributed by atoms with Gasteiger partial charge in [0.25, 0.3) is 0 Å². The summed E-state index contributed by atoms with van der Waals surface area (Å²) in [5.41, 5.74) is 1.21. The first-order valence-corrected chi connectivity index (χ1v) is 7.48. The van der Waals surface area contributed by atoms with Crippen molar-refractivity contribution in [3.05, 3.63) is 40.5 Å². The molecule has 2 aromatic rings. The first kappa shape index (κ1) is 11.8. The summed E-state index contributed by atoms with van der Waals surface area (Å²) in [5, 5.41) is 1.81. The summed E-state index contributed by atoms with van der Waals surface area (Å²) in [5.74, 6) is -0.0462. The maximum atomic E-state index is 12.0. The molecule has 0 radical (unpaired) electrons. The minimum absolute atomic E-state index is 0.0462. The molecule has 0 amide bonds. The topological polar surface area (TPSA) is 17.1 Å². The molecule has 0 aliphatic heterocycles. The Morgan fingerprint density at radius 3 is 2.53 bits per heavy atom. The van der Waals surface area contributed by atoms with Crippen molar-refractivity contribution < 1.29 is 4.79 Å². The van der Waals surface area contributed by atoms with Crippen LogP contribution >= 0.6 is 66.1 Å². The van der Waals surface area contributed by atoms with Gasteiger partial charge in [0, 0.05) is 5.56 Å². The third-order valence-electron chi connectivity index (χ3n) is 1.76. The molecule has 0 aliphatic rings. The van der Waals surface area contributed by atoms with Crippen molar-refractivity contribution in [1.82, 2.24) is 0 Å². The van der Waals surface area contributed by atoms with Crippen LogP contribution in [0.2, 0.25) is 4.34 Å². The van der Waals surface area contributed by atoms with Gasteiger partial charge in [-0.2, -0.15) is 0 Å². The van der Waals surface area contributed by atoms with E-state index in [0.29, 0.717) is 15.5 Å². The van der Waals surface area contributed by atoms with Gasteiger partial charge in [0.1, 0.15) is 4.34 Å². The highest BCUT2D eigenvalue weighted by molar-refractivity contribution is 9.12. The molecule has 2 heterocycles. The number of halogens is 3. The molecule has 15 heavy (non-hydrogen) atoms. The molecule has 1 nitrogen and oxygen atoms in total. The van der Waals surface area contributed by atoms with E-state index in [9.17, 15) is 4.79 Å². The summed E-state index contributed by atoms with van der Waals surface area (Å²) in [6, 6.07) is 3.54. The Kier molecular flexibility index (Phi) is 3.67. The van der Waals surface area contributed by atoms with Gasteiger partial charge >= 0.3 is 0 Å². The average Bonchev–Trinajstić information content (AvgIpc) is 2.71. The Hall–Kier alpha value is 0.320. The Labute approximate surface area is 116 Å². The minimum Gasteiger partial charge on any atom is -0.288 e. The van der Waals surface area contributed by atoms with Crippen LogP contribution in [0, 0.1) is 0 Å². The van der Waals surface area contributed by atoms with Crippen LogP contribution in [-0.2, 0) is 0 Å². The van der Waals surface area contributed by atoms with Crippen molar-refractivity contribution in [3.63, 3.8) is 0 Å². The fourth-order valence-corrected chi connectivity index (χ4v) is 4.80. The van der Waals surface area contributed by atoms with Crippen LogP contribution in [-0.4, -0.2) is 5.78 Å². The van der Waals surface area contributed by atoms with E-state index in [0.717, 1.165) is 7.57 Å². The van der Waals surface area contributed by atoms with Crippen LogP contribution in [0.3, 0.4) is 0 Å². The van der Waals surface area contributed by atoms with E-state index in [2.05, 4.69) is 31.9 Å². The van der Waals surface area contributed by atoms with E-state index in [1.807, 2.05) is 5.38 Å². The second kappa shape index (κ2) is 4.67. The third-order valence-corrected chi connectivity index (χ3v) is 5.27. The Morgan fingerprint density at radius 1 is 1.33 bits per heavy atom. The number of carbonyl (C=O) groups is 1. The lowest BCUT2D eigenvalue weighted by Crippen LogP contribution is -1.98. The SMILES string of the molecule is O=C(c1ccsc1Cl)c1cc(Br)sc1Br. The summed E-state index contributed by atoms with van der Waals surface area (Å²) in [4.78, 5) is 12.0. The van der Waals surface area contributed by atoms with Gasteiger partial charge in [-0.05, 0) is 49.4 Å². The monoisotopic (exact) mass is 384 g/mol. The second-order valence-electron chi connectivity index (χ2n) is 2.67. The van der Waals surface area contributed by atoms with E-state index < -0.39 is 0 Å². The molecule has 78 valence electrons. The smallest absolute Gasteiger partial charge is 0.197 e. The molecule has 0 saturated carbocycles. The number of thiophene rings is 2. The van der Waals surface area contributed by atoms with Crippen molar-refractivity contribution in [3.8, 4) is 0 Å². The van der Waals surface area contributed by atoms with Crippen molar-refractivity contribution in [2.75, 3.05) is 0 Å². The number of ketones is 1. The minimum atomic E-state index is -0.0462. The average molecular weight is 387 g/mol. The maximum Gasteiger partial charge on any atom is 0.197 e. The van der Waals surface area contributed by atoms with Gasteiger partial charge in [-0.1, -0.05) is 11.6 Å². The Morgan fingerprint density at radius 2 is 2.07 bits per heavy atom. The normalized spacial score (nSPS) is 10.6. The van der Waals surface area contributed by atoms with E-state index in [-0.39, 0.29) is 5.78 Å². The van der Waals surface area contributed by atoms with Crippen LogP contribution in [0.5, 0.6) is 0 Å². The summed E-state index contributed by atoms with van der Waals surface area (Å²) in [6.07, 6.45) is 0. The molecule has 0 fully saturated rings. The standard InChI is InChI=1S/C9H3Br2ClOS2/c10-6-3-5(8(11)15-6)7(13)4-1-2-14-9(4)12/h1-3H. The summed E-state index contributed by atoms with van der Waals surface area (Å²) < 4.78 is 2.28. The fraction of sp³-hybridized carbons (Fsp3) is 0. The predicted molar refractivity (Wildman–Crippen MR) is 72.5 cm³/mol. The van der Waals surface area contributed by atoms with Crippen molar-refractivity contribution in [1.29, 1.82) is 0 Å². The lowest BCUT2D eigenvalue weighted by molar-refractivity contribution is 0.103. The number of hydrogen-bond donors (Lipinski definition) is 0. The molecule has 0 saturated heterocycles. The molecule has 0 unspecified atom stereocenters. The van der Waals surface area contributed by atoms with E-state index in [1.54, 1.807) is 12.1 Å². The van der Waals surface area contributed by atoms with E-state index in [1.165, 1.54) is 22.7 Å². The van der Waals surface area contributed by atoms with Crippen molar-refractivity contribution in [2.24, 2.45) is 0 Å². The van der Waals surface area contributed by atoms with E-state index >= 15 is 0 Å². The quantitative estimate of drug-likeness (QED) is 0.647. The molecular formula is C9H3Br2ClOS2. The molecule has 0 spiro atoms. The van der Waals surface area contributed by atoms with E-state index in [4.69, 9.17) is 11.6 Å². The summed E-state index contributed by atoms with van der Waals surface area (Å²) in [6.45, 7) is 0. The zero-order valence-corrected chi connectivity index (χ0v) is 12.7. The highest BCUT2D eigenvalue weighted by Gasteiger charge is 2.18. The van der Waals surface area contributed by atoms with Crippen molar-refractivity contribution >= 4 is 71.9 Å².